The number of hydrogen-bond donors (Lipinski definition) is 3. The van der Waals surface area contributed by atoms with Crippen LogP contribution >= 0.6 is 35.3 Å². The van der Waals surface area contributed by atoms with Gasteiger partial charge in [-0.3, -0.25) is 4.79 Å². The van der Waals surface area contributed by atoms with Gasteiger partial charge in [-0.05, 0) is 32.4 Å². The smallest absolute Gasteiger partial charge is 0.225 e. The van der Waals surface area contributed by atoms with Crippen molar-refractivity contribution in [3.05, 3.63) is 45.4 Å². The molecular formula is C19H26IN5OS. The van der Waals surface area contributed by atoms with Crippen molar-refractivity contribution in [1.82, 2.24) is 15.6 Å². The molecule has 1 unspecified atom stereocenters. The third-order valence-corrected chi connectivity index (χ3v) is 5.40. The van der Waals surface area contributed by atoms with Crippen molar-refractivity contribution >= 4 is 52.9 Å². The minimum Gasteiger partial charge on any atom is -0.357 e. The molecule has 2 aromatic rings. The third kappa shape index (κ3) is 5.65. The monoisotopic (exact) mass is 499 g/mol. The Kier molecular flexibility index (Phi) is 8.03. The van der Waals surface area contributed by atoms with Gasteiger partial charge in [0.05, 0.1) is 17.2 Å². The van der Waals surface area contributed by atoms with Crippen LogP contribution in [0.2, 0.25) is 0 Å². The van der Waals surface area contributed by atoms with Gasteiger partial charge in [0.25, 0.3) is 0 Å². The summed E-state index contributed by atoms with van der Waals surface area (Å²) in [5.41, 5.74) is 3.13. The molecule has 27 heavy (non-hydrogen) atoms. The summed E-state index contributed by atoms with van der Waals surface area (Å²) < 4.78 is 0. The van der Waals surface area contributed by atoms with Gasteiger partial charge in [0.1, 0.15) is 0 Å². The van der Waals surface area contributed by atoms with E-state index in [9.17, 15) is 4.79 Å². The van der Waals surface area contributed by atoms with E-state index in [-0.39, 0.29) is 35.8 Å². The summed E-state index contributed by atoms with van der Waals surface area (Å²) in [5, 5.41) is 10.7. The third-order valence-electron chi connectivity index (χ3n) is 4.35. The molecule has 0 aliphatic carbocycles. The van der Waals surface area contributed by atoms with Crippen LogP contribution in [0.1, 0.15) is 40.4 Å². The molecule has 0 spiro atoms. The molecule has 1 amide bonds. The van der Waals surface area contributed by atoms with Crippen molar-refractivity contribution < 1.29 is 4.79 Å². The van der Waals surface area contributed by atoms with Gasteiger partial charge in [0, 0.05) is 36.0 Å². The van der Waals surface area contributed by atoms with Crippen molar-refractivity contribution in [1.29, 1.82) is 0 Å². The average molecular weight is 499 g/mol. The van der Waals surface area contributed by atoms with Crippen molar-refractivity contribution in [2.24, 2.45) is 4.99 Å². The fraction of sp³-hybridized carbons (Fsp3) is 0.421. The van der Waals surface area contributed by atoms with Crippen LogP contribution in [0.15, 0.2) is 29.3 Å². The number of halogens is 1. The second-order valence-corrected chi connectivity index (χ2v) is 7.64. The van der Waals surface area contributed by atoms with Gasteiger partial charge < -0.3 is 16.0 Å². The molecule has 6 nitrogen and oxygen atoms in total. The highest BCUT2D eigenvalue weighted by Crippen LogP contribution is 2.31. The summed E-state index contributed by atoms with van der Waals surface area (Å²) in [6, 6.07) is 7.99. The Morgan fingerprint density at radius 2 is 2.11 bits per heavy atom. The van der Waals surface area contributed by atoms with E-state index in [1.54, 1.807) is 11.3 Å². The Morgan fingerprint density at radius 3 is 2.81 bits per heavy atom. The maximum Gasteiger partial charge on any atom is 0.225 e. The van der Waals surface area contributed by atoms with Crippen LogP contribution in [0.4, 0.5) is 5.69 Å². The van der Waals surface area contributed by atoms with E-state index in [0.29, 0.717) is 19.5 Å². The molecule has 2 heterocycles. The number of para-hydroxylation sites is 1. The maximum atomic E-state index is 12.0. The van der Waals surface area contributed by atoms with Crippen LogP contribution in [-0.4, -0.2) is 29.9 Å². The van der Waals surface area contributed by atoms with Crippen LogP contribution in [0.5, 0.6) is 0 Å². The molecule has 1 atom stereocenters. The minimum absolute atomic E-state index is 0. The van der Waals surface area contributed by atoms with Crippen molar-refractivity contribution in [2.75, 3.05) is 18.4 Å². The summed E-state index contributed by atoms with van der Waals surface area (Å²) >= 11 is 1.68. The number of nitrogens with one attached hydrogen (secondary N) is 3. The maximum absolute atomic E-state index is 12.0. The second-order valence-electron chi connectivity index (χ2n) is 6.35. The molecule has 3 N–H and O–H groups in total. The summed E-state index contributed by atoms with van der Waals surface area (Å²) in [6.07, 6.45) is 0.483. The molecule has 0 fully saturated rings. The molecule has 0 radical (unpaired) electrons. The number of guanidine groups is 1. The summed E-state index contributed by atoms with van der Waals surface area (Å²) in [4.78, 5) is 22.3. The molecule has 1 aromatic heterocycles. The van der Waals surface area contributed by atoms with Crippen LogP contribution in [0.25, 0.3) is 0 Å². The number of aromatic nitrogens is 1. The molecule has 0 saturated heterocycles. The number of carbonyl (C=O) groups excluding carboxylic acids is 1. The van der Waals surface area contributed by atoms with E-state index in [0.717, 1.165) is 28.9 Å². The molecule has 3 rings (SSSR count). The molecule has 8 heteroatoms. The number of thiazole rings is 1. The van der Waals surface area contributed by atoms with Crippen molar-refractivity contribution in [3.63, 3.8) is 0 Å². The predicted octanol–water partition coefficient (Wildman–Crippen LogP) is 3.56. The highest BCUT2D eigenvalue weighted by molar-refractivity contribution is 14.0. The standard InChI is InChI=1S/C19H25N5OS.HI/c1-4-20-19(22-11-17-12(2)23-13(3)26-17)21-10-14-9-18(25)24-16-8-6-5-7-15(14)16;/h5-8,14H,4,9-11H2,1-3H3,(H,24,25)(H2,20,21,22);1H. The van der Waals surface area contributed by atoms with Crippen molar-refractivity contribution in [3.8, 4) is 0 Å². The number of hydrogen-bond acceptors (Lipinski definition) is 4. The lowest BCUT2D eigenvalue weighted by Crippen LogP contribution is -2.40. The molecule has 1 aliphatic rings. The van der Waals surface area contributed by atoms with Gasteiger partial charge in [0.2, 0.25) is 5.91 Å². The van der Waals surface area contributed by atoms with Crippen LogP contribution in [0.3, 0.4) is 0 Å². The van der Waals surface area contributed by atoms with E-state index in [4.69, 9.17) is 0 Å². The van der Waals surface area contributed by atoms with E-state index in [1.165, 1.54) is 10.4 Å². The second kappa shape index (κ2) is 10.0. The zero-order valence-electron chi connectivity index (χ0n) is 15.8. The minimum atomic E-state index is 0. The average Bonchev–Trinajstić information content (AvgIpc) is 2.94. The quantitative estimate of drug-likeness (QED) is 0.334. The molecule has 1 aromatic carbocycles. The van der Waals surface area contributed by atoms with Gasteiger partial charge in [0.15, 0.2) is 5.96 Å². The van der Waals surface area contributed by atoms with Crippen LogP contribution in [0, 0.1) is 13.8 Å². The summed E-state index contributed by atoms with van der Waals surface area (Å²) in [7, 11) is 0. The Morgan fingerprint density at radius 1 is 1.33 bits per heavy atom. The van der Waals surface area contributed by atoms with E-state index >= 15 is 0 Å². The molecule has 0 bridgehead atoms. The highest BCUT2D eigenvalue weighted by Gasteiger charge is 2.24. The first-order valence-electron chi connectivity index (χ1n) is 8.90. The number of nitrogens with zero attached hydrogens (tertiary/aromatic N) is 2. The number of rotatable bonds is 5. The summed E-state index contributed by atoms with van der Waals surface area (Å²) in [6.45, 7) is 8.13. The normalized spacial score (nSPS) is 16.2. The number of amides is 1. The van der Waals surface area contributed by atoms with Crippen LogP contribution < -0.4 is 16.0 Å². The number of benzene rings is 1. The highest BCUT2D eigenvalue weighted by atomic mass is 127. The fourth-order valence-electron chi connectivity index (χ4n) is 3.12. The number of fused-ring (bicyclic) bond motifs is 1. The van der Waals surface area contributed by atoms with Gasteiger partial charge >= 0.3 is 0 Å². The number of carbonyl (C=O) groups is 1. The lowest BCUT2D eigenvalue weighted by molar-refractivity contribution is -0.116. The Balaban J connectivity index is 0.00000261. The number of anilines is 1. The molecule has 1 aliphatic heterocycles. The zero-order valence-corrected chi connectivity index (χ0v) is 19.0. The van der Waals surface area contributed by atoms with E-state index in [2.05, 4.69) is 32.0 Å². The topological polar surface area (TPSA) is 78.4 Å². The first kappa shape index (κ1) is 21.6. The Labute approximate surface area is 181 Å². The van der Waals surface area contributed by atoms with Crippen LogP contribution in [-0.2, 0) is 11.3 Å². The number of aryl methyl sites for hydroxylation is 2. The van der Waals surface area contributed by atoms with Gasteiger partial charge in [-0.15, -0.1) is 35.3 Å². The number of aliphatic imine (C=N–C) groups is 1. The fourth-order valence-corrected chi connectivity index (χ4v) is 3.98. The summed E-state index contributed by atoms with van der Waals surface area (Å²) in [5.74, 6) is 0.964. The SMILES string of the molecule is CCNC(=NCc1sc(C)nc1C)NCC1CC(=O)Nc2ccccc21.I. The van der Waals surface area contributed by atoms with Gasteiger partial charge in [-0.2, -0.15) is 0 Å². The Hall–Kier alpha value is -1.68. The molecule has 0 saturated carbocycles. The predicted molar refractivity (Wildman–Crippen MR) is 122 cm³/mol. The van der Waals surface area contributed by atoms with Gasteiger partial charge in [-0.25, -0.2) is 9.98 Å². The molecule has 146 valence electrons. The van der Waals surface area contributed by atoms with E-state index < -0.39 is 0 Å². The first-order valence-corrected chi connectivity index (χ1v) is 9.72. The largest absolute Gasteiger partial charge is 0.357 e. The molecular weight excluding hydrogens is 473 g/mol. The lowest BCUT2D eigenvalue weighted by Gasteiger charge is -2.26. The van der Waals surface area contributed by atoms with E-state index in [1.807, 2.05) is 39.0 Å². The van der Waals surface area contributed by atoms with Crippen molar-refractivity contribution in [2.45, 2.75) is 39.7 Å². The van der Waals surface area contributed by atoms with Gasteiger partial charge in [-0.1, -0.05) is 18.2 Å². The first-order chi connectivity index (χ1) is 12.6. The Bertz CT molecular complexity index is 820. The lowest BCUT2D eigenvalue weighted by atomic mass is 9.90. The zero-order chi connectivity index (χ0) is 18.5.